The maximum atomic E-state index is 2.52. The number of rotatable bonds is 5. The monoisotopic (exact) mass is 710 g/mol. The fraction of sp³-hybridized carbons (Fsp3) is 0.170. The van der Waals surface area contributed by atoms with Crippen molar-refractivity contribution in [2.24, 2.45) is 0 Å². The third kappa shape index (κ3) is 5.46. The van der Waals surface area contributed by atoms with E-state index in [-0.39, 0.29) is 10.8 Å². The van der Waals surface area contributed by atoms with Gasteiger partial charge in [-0.2, -0.15) is 0 Å². The van der Waals surface area contributed by atoms with Crippen LogP contribution in [0.2, 0.25) is 0 Å². The predicted octanol–water partition coefficient (Wildman–Crippen LogP) is 14.0. The molecule has 0 amide bonds. The Morgan fingerprint density at radius 2 is 0.964 bits per heavy atom. The summed E-state index contributed by atoms with van der Waals surface area (Å²) < 4.78 is 0. The fourth-order valence-electron chi connectivity index (χ4n) is 9.55. The molecule has 0 bridgehead atoms. The van der Waals surface area contributed by atoms with Gasteiger partial charge in [0.05, 0.1) is 11.4 Å². The minimum atomic E-state index is -0.0750. The van der Waals surface area contributed by atoms with E-state index < -0.39 is 0 Å². The van der Waals surface area contributed by atoms with E-state index in [1.165, 1.54) is 96.1 Å². The van der Waals surface area contributed by atoms with Crippen LogP contribution in [0.5, 0.6) is 0 Å². The molecular weight excluding hydrogens is 665 g/mol. The lowest BCUT2D eigenvalue weighted by molar-refractivity contribution is 0.632. The van der Waals surface area contributed by atoms with Crippen molar-refractivity contribution < 1.29 is 0 Å². The second-order valence-electron chi connectivity index (χ2n) is 16.5. The minimum absolute atomic E-state index is 0.0612. The molecule has 10 rings (SSSR count). The van der Waals surface area contributed by atoms with Crippen molar-refractivity contribution in [1.29, 1.82) is 0 Å². The van der Waals surface area contributed by atoms with Gasteiger partial charge in [-0.1, -0.05) is 155 Å². The molecule has 2 aliphatic heterocycles. The number of hydrogen-bond acceptors (Lipinski definition) is 2. The maximum Gasteiger partial charge on any atom is 0.0502 e. The summed E-state index contributed by atoms with van der Waals surface area (Å²) in [6.07, 6.45) is 6.84. The molecule has 7 aromatic rings. The van der Waals surface area contributed by atoms with E-state index in [0.29, 0.717) is 0 Å². The Morgan fingerprint density at radius 1 is 0.455 bits per heavy atom. The van der Waals surface area contributed by atoms with E-state index in [4.69, 9.17) is 0 Å². The molecule has 0 unspecified atom stereocenters. The molecule has 268 valence electrons. The summed E-state index contributed by atoms with van der Waals surface area (Å²) in [5.74, 6) is 0. The van der Waals surface area contributed by atoms with Gasteiger partial charge in [0.15, 0.2) is 0 Å². The summed E-state index contributed by atoms with van der Waals surface area (Å²) in [7, 11) is 0. The minimum Gasteiger partial charge on any atom is -0.341 e. The molecule has 3 aliphatic rings. The van der Waals surface area contributed by atoms with Crippen LogP contribution in [0, 0.1) is 0 Å². The number of aryl methyl sites for hydroxylation is 1. The van der Waals surface area contributed by atoms with Crippen LogP contribution in [0.15, 0.2) is 158 Å². The lowest BCUT2D eigenvalue weighted by Crippen LogP contribution is -2.30. The van der Waals surface area contributed by atoms with Crippen LogP contribution < -0.4 is 9.80 Å². The Morgan fingerprint density at radius 3 is 1.65 bits per heavy atom. The van der Waals surface area contributed by atoms with E-state index in [2.05, 4.69) is 207 Å². The number of para-hydroxylation sites is 3. The first kappa shape index (κ1) is 33.4. The molecule has 0 radical (unpaired) electrons. The van der Waals surface area contributed by atoms with Gasteiger partial charge in [-0.3, -0.25) is 0 Å². The third-order valence-electron chi connectivity index (χ3n) is 12.6. The van der Waals surface area contributed by atoms with Crippen molar-refractivity contribution in [2.75, 3.05) is 16.3 Å². The van der Waals surface area contributed by atoms with Crippen LogP contribution in [0.1, 0.15) is 73.1 Å². The van der Waals surface area contributed by atoms with Crippen molar-refractivity contribution in [1.82, 2.24) is 0 Å². The molecule has 0 saturated heterocycles. The smallest absolute Gasteiger partial charge is 0.0502 e. The number of benzene rings is 7. The summed E-state index contributed by atoms with van der Waals surface area (Å²) in [6.45, 7) is 10.5. The van der Waals surface area contributed by atoms with Gasteiger partial charge in [0.25, 0.3) is 0 Å². The largest absolute Gasteiger partial charge is 0.341 e. The summed E-state index contributed by atoms with van der Waals surface area (Å²) in [4.78, 5) is 4.93. The van der Waals surface area contributed by atoms with Crippen LogP contribution in [0.25, 0.3) is 34.4 Å². The van der Waals surface area contributed by atoms with E-state index in [0.717, 1.165) is 13.0 Å². The zero-order valence-corrected chi connectivity index (χ0v) is 32.2. The van der Waals surface area contributed by atoms with Gasteiger partial charge in [-0.05, 0) is 117 Å². The van der Waals surface area contributed by atoms with Gasteiger partial charge in [0.1, 0.15) is 0 Å². The molecule has 1 aliphatic carbocycles. The topological polar surface area (TPSA) is 6.48 Å². The Bertz CT molecular complexity index is 2570. The second-order valence-corrected chi connectivity index (χ2v) is 16.5. The molecule has 55 heavy (non-hydrogen) atoms. The van der Waals surface area contributed by atoms with Crippen LogP contribution >= 0.6 is 0 Å². The first-order valence-corrected chi connectivity index (χ1v) is 19.8. The highest BCUT2D eigenvalue weighted by Crippen LogP contribution is 2.53. The highest BCUT2D eigenvalue weighted by molar-refractivity contribution is 5.87. The molecule has 2 heterocycles. The first-order chi connectivity index (χ1) is 26.8. The van der Waals surface area contributed by atoms with Crippen molar-refractivity contribution >= 4 is 40.6 Å². The van der Waals surface area contributed by atoms with E-state index in [1.54, 1.807) is 0 Å². The third-order valence-corrected chi connectivity index (χ3v) is 12.6. The van der Waals surface area contributed by atoms with Gasteiger partial charge in [-0.25, -0.2) is 0 Å². The lowest BCUT2D eigenvalue weighted by Gasteiger charge is -2.42. The summed E-state index contributed by atoms with van der Waals surface area (Å²) >= 11 is 0. The highest BCUT2D eigenvalue weighted by atomic mass is 15.2. The van der Waals surface area contributed by atoms with Crippen LogP contribution in [0.4, 0.5) is 28.4 Å². The quantitative estimate of drug-likeness (QED) is 0.164. The van der Waals surface area contributed by atoms with Gasteiger partial charge < -0.3 is 9.80 Å². The number of fused-ring (bicyclic) bond motifs is 6. The zero-order valence-electron chi connectivity index (χ0n) is 32.2. The van der Waals surface area contributed by atoms with Crippen LogP contribution in [-0.4, -0.2) is 6.54 Å². The standard InChI is InChI=1S/C53H46N2/c1-52(2)45-14-6-9-17-50(45)55(51-18-10-7-15-46(51)52)41-28-26-39(27-29-41)38-24-21-36(22-25-38)19-20-37-23-31-43-44-32-30-42(35-48(44)53(3,4)47(43)34-37)54-33-11-13-40-12-5-8-16-49(40)54/h5-10,12,14-32,34-35H,11,13,33H2,1-4H3/b20-19+. The van der Waals surface area contributed by atoms with Crippen molar-refractivity contribution in [3.8, 4) is 22.3 Å². The van der Waals surface area contributed by atoms with Gasteiger partial charge in [-0.15, -0.1) is 0 Å². The Balaban J connectivity index is 0.875. The summed E-state index contributed by atoms with van der Waals surface area (Å²) in [5.41, 5.74) is 20.7. The van der Waals surface area contributed by atoms with Crippen molar-refractivity contribution in [2.45, 2.75) is 51.4 Å². The van der Waals surface area contributed by atoms with Crippen LogP contribution in [-0.2, 0) is 17.3 Å². The number of nitrogens with zero attached hydrogens (tertiary/aromatic N) is 2. The Kier molecular flexibility index (Phi) is 7.75. The molecule has 2 heteroatoms. The van der Waals surface area contributed by atoms with E-state index >= 15 is 0 Å². The first-order valence-electron chi connectivity index (χ1n) is 19.8. The predicted molar refractivity (Wildman–Crippen MR) is 233 cm³/mol. The van der Waals surface area contributed by atoms with E-state index in [9.17, 15) is 0 Å². The summed E-state index contributed by atoms with van der Waals surface area (Å²) in [5, 5.41) is 0. The highest BCUT2D eigenvalue weighted by Gasteiger charge is 2.37. The maximum absolute atomic E-state index is 2.52. The van der Waals surface area contributed by atoms with Gasteiger partial charge >= 0.3 is 0 Å². The Labute approximate surface area is 326 Å². The van der Waals surface area contributed by atoms with Crippen LogP contribution in [0.3, 0.4) is 0 Å². The Hall–Kier alpha value is -6.12. The van der Waals surface area contributed by atoms with Gasteiger partial charge in [0, 0.05) is 34.4 Å². The number of anilines is 5. The SMILES string of the molecule is CC1(C)c2cc(/C=C/c3ccc(-c4ccc(N5c6ccccc6C(C)(C)c6ccccc65)cc4)cc3)ccc2-c2ccc(N3CCCc4ccccc43)cc21. The average molecular weight is 711 g/mol. The molecule has 0 atom stereocenters. The normalized spacial score (nSPS) is 15.9. The lowest BCUT2D eigenvalue weighted by atomic mass is 9.73. The molecule has 0 aromatic heterocycles. The van der Waals surface area contributed by atoms with Crippen molar-refractivity contribution in [3.05, 3.63) is 197 Å². The molecule has 0 N–H and O–H groups in total. The molecule has 0 spiro atoms. The molecule has 7 aromatic carbocycles. The molecule has 0 fully saturated rings. The van der Waals surface area contributed by atoms with Crippen molar-refractivity contribution in [3.63, 3.8) is 0 Å². The van der Waals surface area contributed by atoms with E-state index in [1.807, 2.05) is 0 Å². The summed E-state index contributed by atoms with van der Waals surface area (Å²) in [6, 6.07) is 58.7. The fourth-order valence-corrected chi connectivity index (χ4v) is 9.55. The number of hydrogen-bond donors (Lipinski definition) is 0. The molecular formula is C53H46N2. The second kappa shape index (κ2) is 12.7. The molecule has 2 nitrogen and oxygen atoms in total. The van der Waals surface area contributed by atoms with Gasteiger partial charge in [0.2, 0.25) is 0 Å². The average Bonchev–Trinajstić information content (AvgIpc) is 3.45. The molecule has 0 saturated carbocycles. The zero-order chi connectivity index (χ0) is 37.3.